The summed E-state index contributed by atoms with van der Waals surface area (Å²) in [5, 5.41) is 0. The predicted octanol–water partition coefficient (Wildman–Crippen LogP) is 2.55. The highest BCUT2D eigenvalue weighted by atomic mass is 14.5. The lowest BCUT2D eigenvalue weighted by atomic mass is 10.1. The van der Waals surface area contributed by atoms with Gasteiger partial charge in [-0.15, -0.1) is 0 Å². The van der Waals surface area contributed by atoms with Gasteiger partial charge in [-0.1, -0.05) is 37.1 Å². The lowest BCUT2D eigenvalue weighted by molar-refractivity contribution is 0.646. The van der Waals surface area contributed by atoms with Crippen molar-refractivity contribution in [1.82, 2.24) is 0 Å². The summed E-state index contributed by atoms with van der Waals surface area (Å²) in [6.07, 6.45) is 6.22. The zero-order valence-corrected chi connectivity index (χ0v) is 8.13. The van der Waals surface area contributed by atoms with Gasteiger partial charge in [-0.3, -0.25) is 0 Å². The Balaban J connectivity index is 2.07. The summed E-state index contributed by atoms with van der Waals surface area (Å²) in [5.74, 6) is 0. The van der Waals surface area contributed by atoms with Crippen molar-refractivity contribution >= 4 is 0 Å². The molecule has 71 valence electrons. The number of hydrogen-bond donors (Lipinski definition) is 1. The fraction of sp³-hybridized carbons (Fsp3) is 0.500. The lowest BCUT2D eigenvalue weighted by Crippen LogP contribution is -1.97. The van der Waals surface area contributed by atoms with E-state index < -0.39 is 0 Å². The molecule has 0 unspecified atom stereocenters. The normalized spacial score (nSPS) is 10.2. The van der Waals surface area contributed by atoms with Crippen molar-refractivity contribution in [2.75, 3.05) is 6.54 Å². The Morgan fingerprint density at radius 3 is 2.38 bits per heavy atom. The van der Waals surface area contributed by atoms with Crippen LogP contribution in [0, 0.1) is 6.07 Å². The Hall–Kier alpha value is -0.820. The van der Waals surface area contributed by atoms with E-state index in [-0.39, 0.29) is 0 Å². The minimum Gasteiger partial charge on any atom is -0.330 e. The summed E-state index contributed by atoms with van der Waals surface area (Å²) < 4.78 is 0. The Morgan fingerprint density at radius 2 is 1.69 bits per heavy atom. The average molecular weight is 176 g/mol. The molecule has 0 aromatic heterocycles. The first-order valence-corrected chi connectivity index (χ1v) is 5.08. The van der Waals surface area contributed by atoms with Crippen molar-refractivity contribution < 1.29 is 0 Å². The molecule has 0 atom stereocenters. The molecule has 0 saturated carbocycles. The van der Waals surface area contributed by atoms with Crippen LogP contribution in [0.25, 0.3) is 0 Å². The van der Waals surface area contributed by atoms with E-state index in [0.717, 1.165) is 6.54 Å². The smallest absolute Gasteiger partial charge is 0.00773 e. The van der Waals surface area contributed by atoms with Gasteiger partial charge in [0.15, 0.2) is 0 Å². The van der Waals surface area contributed by atoms with Crippen LogP contribution in [0.1, 0.15) is 31.2 Å². The molecule has 1 rings (SSSR count). The summed E-state index contributed by atoms with van der Waals surface area (Å²) >= 11 is 0. The molecular weight excluding hydrogens is 158 g/mol. The van der Waals surface area contributed by atoms with Crippen molar-refractivity contribution in [2.24, 2.45) is 5.73 Å². The summed E-state index contributed by atoms with van der Waals surface area (Å²) in [5.41, 5.74) is 6.84. The van der Waals surface area contributed by atoms with E-state index in [1.807, 2.05) is 12.1 Å². The first-order chi connectivity index (χ1) is 6.43. The summed E-state index contributed by atoms with van der Waals surface area (Å²) in [4.78, 5) is 0. The molecule has 1 aromatic carbocycles. The highest BCUT2D eigenvalue weighted by Gasteiger charge is 1.91. The number of nitrogens with two attached hydrogens (primary N) is 1. The van der Waals surface area contributed by atoms with Crippen molar-refractivity contribution in [3.05, 3.63) is 35.9 Å². The highest BCUT2D eigenvalue weighted by molar-refractivity contribution is 5.13. The molecule has 2 N–H and O–H groups in total. The van der Waals surface area contributed by atoms with Gasteiger partial charge in [0.2, 0.25) is 0 Å². The van der Waals surface area contributed by atoms with E-state index in [4.69, 9.17) is 5.73 Å². The molecule has 1 radical (unpaired) electrons. The number of benzene rings is 1. The van der Waals surface area contributed by atoms with Crippen molar-refractivity contribution in [3.63, 3.8) is 0 Å². The van der Waals surface area contributed by atoms with Gasteiger partial charge < -0.3 is 5.73 Å². The van der Waals surface area contributed by atoms with Gasteiger partial charge >= 0.3 is 0 Å². The summed E-state index contributed by atoms with van der Waals surface area (Å²) in [7, 11) is 0. The van der Waals surface area contributed by atoms with E-state index in [9.17, 15) is 0 Å². The van der Waals surface area contributed by atoms with Gasteiger partial charge in [-0.25, -0.2) is 0 Å². The summed E-state index contributed by atoms with van der Waals surface area (Å²) in [6.45, 7) is 0.834. The van der Waals surface area contributed by atoms with Crippen LogP contribution in [0.2, 0.25) is 0 Å². The van der Waals surface area contributed by atoms with E-state index in [2.05, 4.69) is 18.2 Å². The van der Waals surface area contributed by atoms with Crippen molar-refractivity contribution in [2.45, 2.75) is 32.1 Å². The highest BCUT2D eigenvalue weighted by Crippen LogP contribution is 2.06. The van der Waals surface area contributed by atoms with Crippen LogP contribution in [0.4, 0.5) is 0 Å². The molecule has 0 aliphatic carbocycles. The molecule has 0 bridgehead atoms. The second-order valence-electron chi connectivity index (χ2n) is 3.36. The van der Waals surface area contributed by atoms with Gasteiger partial charge in [0, 0.05) is 0 Å². The van der Waals surface area contributed by atoms with Crippen LogP contribution in [0.15, 0.2) is 24.3 Å². The fourth-order valence-electron chi connectivity index (χ4n) is 1.42. The molecule has 0 heterocycles. The van der Waals surface area contributed by atoms with Crippen molar-refractivity contribution in [1.29, 1.82) is 0 Å². The van der Waals surface area contributed by atoms with Crippen LogP contribution in [0.5, 0.6) is 0 Å². The van der Waals surface area contributed by atoms with E-state index in [1.165, 1.54) is 37.7 Å². The molecule has 0 aliphatic rings. The maximum absolute atomic E-state index is 5.42. The number of hydrogen-bond acceptors (Lipinski definition) is 1. The minimum absolute atomic E-state index is 0.834. The lowest BCUT2D eigenvalue weighted by Gasteiger charge is -2.00. The second kappa shape index (κ2) is 6.67. The van der Waals surface area contributed by atoms with Crippen LogP contribution in [-0.4, -0.2) is 6.54 Å². The maximum Gasteiger partial charge on any atom is -0.00773 e. The van der Waals surface area contributed by atoms with Crippen molar-refractivity contribution in [3.8, 4) is 0 Å². The molecule has 0 saturated heterocycles. The Labute approximate surface area is 81.0 Å². The zero-order valence-electron chi connectivity index (χ0n) is 8.13. The second-order valence-corrected chi connectivity index (χ2v) is 3.36. The molecular formula is C12H18N. The molecule has 0 amide bonds. The van der Waals surface area contributed by atoms with Gasteiger partial charge in [-0.05, 0) is 37.4 Å². The Morgan fingerprint density at radius 1 is 1.00 bits per heavy atom. The van der Waals surface area contributed by atoms with E-state index in [1.54, 1.807) is 0 Å². The van der Waals surface area contributed by atoms with Gasteiger partial charge in [-0.2, -0.15) is 0 Å². The molecule has 0 aliphatic heterocycles. The molecule has 13 heavy (non-hydrogen) atoms. The Bertz CT molecular complexity index is 206. The largest absolute Gasteiger partial charge is 0.330 e. The first-order valence-electron chi connectivity index (χ1n) is 5.08. The molecule has 0 spiro atoms. The molecule has 1 nitrogen and oxygen atoms in total. The van der Waals surface area contributed by atoms with E-state index >= 15 is 0 Å². The minimum atomic E-state index is 0.834. The average Bonchev–Trinajstić information content (AvgIpc) is 2.19. The third kappa shape index (κ3) is 4.69. The van der Waals surface area contributed by atoms with Gasteiger partial charge in [0.1, 0.15) is 0 Å². The number of unbranched alkanes of at least 4 members (excludes halogenated alkanes) is 3. The molecule has 0 fully saturated rings. The molecule has 1 aromatic rings. The third-order valence-electron chi connectivity index (χ3n) is 2.21. The predicted molar refractivity (Wildman–Crippen MR) is 56.5 cm³/mol. The Kier molecular flexibility index (Phi) is 5.27. The van der Waals surface area contributed by atoms with Gasteiger partial charge in [0.05, 0.1) is 0 Å². The van der Waals surface area contributed by atoms with Crippen LogP contribution in [-0.2, 0) is 6.42 Å². The maximum atomic E-state index is 5.42. The van der Waals surface area contributed by atoms with E-state index in [0.29, 0.717) is 0 Å². The standard InChI is InChI=1S/C12H18N/c13-11-7-2-1-4-8-12-9-5-3-6-10-12/h5-6,9-10H,1-2,4,7-8,11,13H2. The molecule has 1 heteroatoms. The summed E-state index contributed by atoms with van der Waals surface area (Å²) in [6, 6.07) is 11.3. The quantitative estimate of drug-likeness (QED) is 0.662. The first kappa shape index (κ1) is 10.3. The topological polar surface area (TPSA) is 26.0 Å². The number of rotatable bonds is 6. The van der Waals surface area contributed by atoms with Crippen LogP contribution < -0.4 is 5.73 Å². The SMILES string of the molecule is NCCCCCCc1cc[c]cc1. The monoisotopic (exact) mass is 176 g/mol. The fourth-order valence-corrected chi connectivity index (χ4v) is 1.42. The zero-order chi connectivity index (χ0) is 9.36. The van der Waals surface area contributed by atoms with Crippen LogP contribution in [0.3, 0.4) is 0 Å². The number of aryl methyl sites for hydroxylation is 1. The van der Waals surface area contributed by atoms with Crippen LogP contribution >= 0.6 is 0 Å². The van der Waals surface area contributed by atoms with Gasteiger partial charge in [0.25, 0.3) is 0 Å². The third-order valence-corrected chi connectivity index (χ3v) is 2.21.